The van der Waals surface area contributed by atoms with Gasteiger partial charge in [-0.05, 0) is 38.5 Å². The predicted molar refractivity (Wildman–Crippen MR) is 110 cm³/mol. The Balaban J connectivity index is 2.01. The second-order valence-corrected chi connectivity index (χ2v) is 7.82. The molecule has 5 heteroatoms. The zero-order valence-electron chi connectivity index (χ0n) is 15.7. The number of aromatic nitrogens is 2. The molecule has 4 aromatic rings. The fourth-order valence-corrected chi connectivity index (χ4v) is 4.51. The molecule has 0 aliphatic rings. The van der Waals surface area contributed by atoms with Gasteiger partial charge in [0.05, 0.1) is 12.8 Å². The minimum atomic E-state index is 0.567. The molecule has 0 bridgehead atoms. The Morgan fingerprint density at radius 2 is 1.93 bits per heavy atom. The molecule has 0 unspecified atom stereocenters. The van der Waals surface area contributed by atoms with E-state index < -0.39 is 0 Å². The maximum absolute atomic E-state index is 12.1. The van der Waals surface area contributed by atoms with E-state index in [2.05, 4.69) is 39.0 Å². The van der Waals surface area contributed by atoms with Crippen molar-refractivity contribution in [3.8, 4) is 28.3 Å². The summed E-state index contributed by atoms with van der Waals surface area (Å²) in [6.45, 7) is 6.27. The van der Waals surface area contributed by atoms with Gasteiger partial charge in [0, 0.05) is 16.0 Å². The van der Waals surface area contributed by atoms with Crippen LogP contribution >= 0.6 is 11.3 Å². The van der Waals surface area contributed by atoms with Crippen molar-refractivity contribution in [2.45, 2.75) is 20.8 Å². The maximum atomic E-state index is 12.1. The van der Waals surface area contributed by atoms with Crippen LogP contribution in [0.1, 0.15) is 26.5 Å². The first kappa shape index (κ1) is 17.5. The molecule has 0 radical (unpaired) electrons. The van der Waals surface area contributed by atoms with E-state index in [0.717, 1.165) is 38.7 Å². The molecular formula is C22H20N2O2S. The molecule has 0 fully saturated rings. The summed E-state index contributed by atoms with van der Waals surface area (Å²) in [4.78, 5) is 18.8. The van der Waals surface area contributed by atoms with Crippen LogP contribution in [-0.4, -0.2) is 22.8 Å². The molecule has 4 rings (SSSR count). The van der Waals surface area contributed by atoms with Gasteiger partial charge in [-0.25, -0.2) is 4.98 Å². The Hall–Kier alpha value is -2.92. The highest BCUT2D eigenvalue weighted by molar-refractivity contribution is 7.17. The van der Waals surface area contributed by atoms with E-state index in [-0.39, 0.29) is 0 Å². The summed E-state index contributed by atoms with van der Waals surface area (Å²) in [5.74, 6) is 0.742. The van der Waals surface area contributed by atoms with E-state index >= 15 is 0 Å². The molecule has 136 valence electrons. The smallest absolute Gasteiger partial charge is 0.195 e. The van der Waals surface area contributed by atoms with Gasteiger partial charge in [0.25, 0.3) is 0 Å². The van der Waals surface area contributed by atoms with Gasteiger partial charge in [-0.1, -0.05) is 35.9 Å². The first-order valence-electron chi connectivity index (χ1n) is 8.72. The first-order chi connectivity index (χ1) is 13.0. The van der Waals surface area contributed by atoms with E-state index in [1.807, 2.05) is 28.7 Å². The van der Waals surface area contributed by atoms with Gasteiger partial charge in [0.15, 0.2) is 11.2 Å². The van der Waals surface area contributed by atoms with Crippen LogP contribution in [0.4, 0.5) is 0 Å². The third-order valence-electron chi connectivity index (χ3n) is 4.78. The number of hydrogen-bond donors (Lipinski definition) is 0. The van der Waals surface area contributed by atoms with Gasteiger partial charge in [-0.15, -0.1) is 11.3 Å². The van der Waals surface area contributed by atoms with Crippen LogP contribution in [-0.2, 0) is 0 Å². The molecule has 0 atom stereocenters. The number of nitrogens with zero attached hydrogens (tertiary/aromatic N) is 2. The van der Waals surface area contributed by atoms with Crippen molar-refractivity contribution in [1.29, 1.82) is 0 Å². The Kier molecular flexibility index (Phi) is 4.32. The lowest BCUT2D eigenvalue weighted by molar-refractivity contribution is 0.111. The van der Waals surface area contributed by atoms with Crippen molar-refractivity contribution < 1.29 is 9.53 Å². The molecular weight excluding hydrogens is 356 g/mol. The van der Waals surface area contributed by atoms with Gasteiger partial charge in [-0.3, -0.25) is 9.20 Å². The zero-order chi connectivity index (χ0) is 19.1. The summed E-state index contributed by atoms with van der Waals surface area (Å²) in [5, 5.41) is 0. The van der Waals surface area contributed by atoms with E-state index in [0.29, 0.717) is 11.4 Å². The maximum Gasteiger partial charge on any atom is 0.195 e. The number of hydrogen-bond acceptors (Lipinski definition) is 4. The fourth-order valence-electron chi connectivity index (χ4n) is 3.52. The average molecular weight is 376 g/mol. The summed E-state index contributed by atoms with van der Waals surface area (Å²) in [6, 6.07) is 14.0. The number of aldehydes is 1. The third kappa shape index (κ3) is 2.84. The van der Waals surface area contributed by atoms with Crippen LogP contribution in [0.3, 0.4) is 0 Å². The van der Waals surface area contributed by atoms with E-state index in [9.17, 15) is 4.79 Å². The molecule has 2 heterocycles. The number of aryl methyl sites for hydroxylation is 3. The van der Waals surface area contributed by atoms with Crippen molar-refractivity contribution in [3.63, 3.8) is 0 Å². The number of benzene rings is 2. The Morgan fingerprint density at radius 3 is 2.63 bits per heavy atom. The van der Waals surface area contributed by atoms with Crippen LogP contribution in [0, 0.1) is 20.8 Å². The lowest BCUT2D eigenvalue weighted by atomic mass is 10.0. The van der Waals surface area contributed by atoms with Crippen LogP contribution in [0.25, 0.3) is 27.5 Å². The normalized spacial score (nSPS) is 11.1. The lowest BCUT2D eigenvalue weighted by Crippen LogP contribution is -1.97. The monoisotopic (exact) mass is 376 g/mol. The van der Waals surface area contributed by atoms with E-state index in [1.165, 1.54) is 11.1 Å². The second kappa shape index (κ2) is 6.67. The SMILES string of the molecule is COc1cccc(-c2nc3sc(C)c(-c4ccc(C)cc4C)n3c2C=O)c1. The minimum Gasteiger partial charge on any atom is -0.497 e. The van der Waals surface area contributed by atoms with E-state index in [4.69, 9.17) is 9.72 Å². The molecule has 0 amide bonds. The third-order valence-corrected chi connectivity index (χ3v) is 5.73. The van der Waals surface area contributed by atoms with E-state index in [1.54, 1.807) is 18.4 Å². The van der Waals surface area contributed by atoms with Crippen molar-refractivity contribution in [2.75, 3.05) is 7.11 Å². The van der Waals surface area contributed by atoms with Crippen LogP contribution in [0.2, 0.25) is 0 Å². The summed E-state index contributed by atoms with van der Waals surface area (Å²) in [6.07, 6.45) is 0.897. The predicted octanol–water partition coefficient (Wildman–Crippen LogP) is 5.48. The van der Waals surface area contributed by atoms with Gasteiger partial charge >= 0.3 is 0 Å². The summed E-state index contributed by atoms with van der Waals surface area (Å²) in [5.41, 5.74) is 6.69. The quantitative estimate of drug-likeness (QED) is 0.443. The molecule has 2 aromatic heterocycles. The molecule has 0 saturated carbocycles. The molecule has 27 heavy (non-hydrogen) atoms. The number of carbonyl (C=O) groups is 1. The Labute approximate surface area is 162 Å². The number of methoxy groups -OCH3 is 1. The van der Waals surface area contributed by atoms with Crippen molar-refractivity contribution in [1.82, 2.24) is 9.38 Å². The van der Waals surface area contributed by atoms with Gasteiger partial charge in [-0.2, -0.15) is 0 Å². The number of carbonyl (C=O) groups excluding carboxylic acids is 1. The minimum absolute atomic E-state index is 0.567. The number of rotatable bonds is 4. The van der Waals surface area contributed by atoms with Gasteiger partial charge < -0.3 is 4.74 Å². The van der Waals surface area contributed by atoms with Crippen LogP contribution in [0.15, 0.2) is 42.5 Å². The second-order valence-electron chi connectivity index (χ2n) is 6.64. The molecule has 4 nitrogen and oxygen atoms in total. The van der Waals surface area contributed by atoms with Crippen LogP contribution in [0.5, 0.6) is 5.75 Å². The zero-order valence-corrected chi connectivity index (χ0v) is 16.6. The summed E-state index contributed by atoms with van der Waals surface area (Å²) < 4.78 is 7.31. The molecule has 0 N–H and O–H groups in total. The highest BCUT2D eigenvalue weighted by atomic mass is 32.1. The highest BCUT2D eigenvalue weighted by Crippen LogP contribution is 2.37. The lowest BCUT2D eigenvalue weighted by Gasteiger charge is -2.09. The topological polar surface area (TPSA) is 43.6 Å². The summed E-state index contributed by atoms with van der Waals surface area (Å²) >= 11 is 1.60. The molecule has 0 aliphatic heterocycles. The first-order valence-corrected chi connectivity index (χ1v) is 9.54. The van der Waals surface area contributed by atoms with Crippen molar-refractivity contribution in [3.05, 3.63) is 64.2 Å². The van der Waals surface area contributed by atoms with Crippen LogP contribution < -0.4 is 4.74 Å². The number of imidazole rings is 1. The number of thiazole rings is 1. The molecule has 0 aliphatic carbocycles. The van der Waals surface area contributed by atoms with Crippen molar-refractivity contribution in [2.24, 2.45) is 0 Å². The Bertz CT molecular complexity index is 1170. The molecule has 0 spiro atoms. The van der Waals surface area contributed by atoms with Crippen molar-refractivity contribution >= 4 is 22.6 Å². The largest absolute Gasteiger partial charge is 0.497 e. The standard InChI is InChI=1S/C22H20N2O2S/c1-13-8-9-18(14(2)10-13)21-15(3)27-22-23-20(19(12-25)24(21)22)16-6-5-7-17(11-16)26-4/h5-12H,1-4H3. The number of ether oxygens (including phenoxy) is 1. The highest BCUT2D eigenvalue weighted by Gasteiger charge is 2.22. The summed E-state index contributed by atoms with van der Waals surface area (Å²) in [7, 11) is 1.63. The number of fused-ring (bicyclic) bond motifs is 1. The fraction of sp³-hybridized carbons (Fsp3) is 0.182. The Morgan fingerprint density at radius 1 is 1.11 bits per heavy atom. The van der Waals surface area contributed by atoms with Gasteiger partial charge in [0.1, 0.15) is 17.1 Å². The van der Waals surface area contributed by atoms with Gasteiger partial charge in [0.2, 0.25) is 0 Å². The molecule has 2 aromatic carbocycles. The average Bonchev–Trinajstić information content (AvgIpc) is 3.16. The molecule has 0 saturated heterocycles.